The van der Waals surface area contributed by atoms with Crippen LogP contribution < -0.4 is 9.80 Å². The first-order valence-electron chi connectivity index (χ1n) is 9.48. The van der Waals surface area contributed by atoms with Gasteiger partial charge < -0.3 is 14.8 Å². The number of carbonyl (C=O) groups excluding carboxylic acids is 1. The number of piperazine rings is 1. The Kier molecular flexibility index (Phi) is 4.70. The molecule has 2 N–H and O–H groups in total. The first-order chi connectivity index (χ1) is 13.0. The van der Waals surface area contributed by atoms with Crippen LogP contribution in [0.5, 0.6) is 0 Å². The Hall–Kier alpha value is -2.66. The molecule has 1 aliphatic heterocycles. The van der Waals surface area contributed by atoms with Crippen LogP contribution in [-0.2, 0) is 0 Å². The monoisotopic (exact) mass is 366 g/mol. The number of hydrogen-bond donors (Lipinski definition) is 2. The van der Waals surface area contributed by atoms with E-state index >= 15 is 0 Å². The summed E-state index contributed by atoms with van der Waals surface area (Å²) in [7, 11) is 0. The largest absolute Gasteiger partial charge is 0.360 e. The molecule has 140 valence electrons. The maximum Gasteiger partial charge on any atom is 0.219 e. The quantitative estimate of drug-likeness (QED) is 0.697. The zero-order valence-corrected chi connectivity index (χ0v) is 15.8. The van der Waals surface area contributed by atoms with Crippen LogP contribution in [0.3, 0.4) is 0 Å². The van der Waals surface area contributed by atoms with E-state index in [0.29, 0.717) is 23.5 Å². The van der Waals surface area contributed by atoms with Crippen molar-refractivity contribution in [1.82, 2.24) is 4.98 Å². The van der Waals surface area contributed by atoms with Crippen molar-refractivity contribution in [1.29, 1.82) is 0 Å². The van der Waals surface area contributed by atoms with Crippen molar-refractivity contribution >= 4 is 22.4 Å². The molecular formula is C22H25FN3O+. The number of ketones is 1. The highest BCUT2D eigenvalue weighted by Gasteiger charge is 2.29. The lowest BCUT2D eigenvalue weighted by Gasteiger charge is -2.38. The van der Waals surface area contributed by atoms with E-state index in [9.17, 15) is 9.18 Å². The third-order valence-corrected chi connectivity index (χ3v) is 5.51. The highest BCUT2D eigenvalue weighted by Crippen LogP contribution is 2.20. The molecule has 1 aliphatic rings. The molecule has 2 atom stereocenters. The Labute approximate surface area is 158 Å². The highest BCUT2D eigenvalue weighted by atomic mass is 19.1. The van der Waals surface area contributed by atoms with Crippen LogP contribution in [0.2, 0.25) is 0 Å². The predicted molar refractivity (Wildman–Crippen MR) is 106 cm³/mol. The number of benzene rings is 2. The second kappa shape index (κ2) is 7.16. The molecule has 1 saturated heterocycles. The fourth-order valence-electron chi connectivity index (χ4n) is 4.13. The van der Waals surface area contributed by atoms with Gasteiger partial charge in [-0.2, -0.15) is 0 Å². The van der Waals surface area contributed by atoms with Crippen molar-refractivity contribution in [2.45, 2.75) is 19.9 Å². The van der Waals surface area contributed by atoms with Gasteiger partial charge in [-0.15, -0.1) is 0 Å². The second-order valence-corrected chi connectivity index (χ2v) is 7.58. The zero-order chi connectivity index (χ0) is 19.0. The smallest absolute Gasteiger partial charge is 0.219 e. The molecular weight excluding hydrogens is 341 g/mol. The van der Waals surface area contributed by atoms with Crippen LogP contribution in [0.1, 0.15) is 22.8 Å². The van der Waals surface area contributed by atoms with Crippen LogP contribution in [0.15, 0.2) is 48.7 Å². The number of halogens is 1. The van der Waals surface area contributed by atoms with Crippen molar-refractivity contribution in [3.05, 3.63) is 65.6 Å². The van der Waals surface area contributed by atoms with Gasteiger partial charge in [-0.05, 0) is 49.7 Å². The summed E-state index contributed by atoms with van der Waals surface area (Å²) in [5.74, 6) is -0.248. The molecule has 1 aromatic heterocycles. The van der Waals surface area contributed by atoms with Crippen LogP contribution in [0.25, 0.3) is 10.9 Å². The lowest BCUT2D eigenvalue weighted by atomic mass is 10.1. The lowest BCUT2D eigenvalue weighted by molar-refractivity contribution is -0.894. The summed E-state index contributed by atoms with van der Waals surface area (Å²) in [5, 5.41) is 0.672. The normalized spacial score (nSPS) is 20.2. The fourth-order valence-corrected chi connectivity index (χ4v) is 4.13. The average Bonchev–Trinajstić information content (AvgIpc) is 3.05. The topological polar surface area (TPSA) is 40.5 Å². The molecule has 0 radical (unpaired) electrons. The maximum absolute atomic E-state index is 13.6. The van der Waals surface area contributed by atoms with Gasteiger partial charge in [0.15, 0.2) is 0 Å². The molecule has 2 heterocycles. The van der Waals surface area contributed by atoms with E-state index in [1.54, 1.807) is 12.3 Å². The molecule has 5 heteroatoms. The van der Waals surface area contributed by atoms with E-state index in [1.807, 2.05) is 0 Å². The van der Waals surface area contributed by atoms with Gasteiger partial charge in [-0.25, -0.2) is 4.39 Å². The molecule has 0 saturated carbocycles. The minimum Gasteiger partial charge on any atom is -0.360 e. The fraction of sp³-hybridized carbons (Fsp3) is 0.318. The summed E-state index contributed by atoms with van der Waals surface area (Å²) in [6.45, 7) is 7.52. The van der Waals surface area contributed by atoms with E-state index in [1.165, 1.54) is 28.3 Å². The van der Waals surface area contributed by atoms with E-state index in [0.717, 1.165) is 25.2 Å². The van der Waals surface area contributed by atoms with E-state index < -0.39 is 0 Å². The summed E-state index contributed by atoms with van der Waals surface area (Å²) in [4.78, 5) is 19.6. The Morgan fingerprint density at radius 3 is 2.93 bits per heavy atom. The maximum atomic E-state index is 13.6. The molecule has 4 nitrogen and oxygen atoms in total. The molecule has 2 aromatic carbocycles. The van der Waals surface area contributed by atoms with Crippen LogP contribution in [0, 0.1) is 12.7 Å². The zero-order valence-electron chi connectivity index (χ0n) is 15.8. The number of quaternary nitrogens is 1. The molecule has 27 heavy (non-hydrogen) atoms. The minimum atomic E-state index is -0.316. The van der Waals surface area contributed by atoms with E-state index in [2.05, 4.69) is 48.0 Å². The van der Waals surface area contributed by atoms with Gasteiger partial charge in [0.2, 0.25) is 5.78 Å². The van der Waals surface area contributed by atoms with Gasteiger partial charge in [-0.3, -0.25) is 4.79 Å². The SMILES string of the molecule is Cc1cccc(N2CC[NH+](CC(=O)c3c[nH]c4ccc(F)cc34)C[C@H]2C)c1. The van der Waals surface area contributed by atoms with Crippen LogP contribution >= 0.6 is 0 Å². The number of aromatic nitrogens is 1. The number of aryl methyl sites for hydroxylation is 1. The Morgan fingerprint density at radius 1 is 1.30 bits per heavy atom. The summed E-state index contributed by atoms with van der Waals surface area (Å²) in [6, 6.07) is 13.5. The first kappa shape index (κ1) is 17.7. The average molecular weight is 366 g/mol. The number of anilines is 1. The van der Waals surface area contributed by atoms with Gasteiger partial charge >= 0.3 is 0 Å². The van der Waals surface area contributed by atoms with Gasteiger partial charge in [0, 0.05) is 28.4 Å². The van der Waals surface area contributed by atoms with E-state index in [4.69, 9.17) is 0 Å². The van der Waals surface area contributed by atoms with Crippen LogP contribution in [-0.4, -0.2) is 43.0 Å². The van der Waals surface area contributed by atoms with Crippen molar-refractivity contribution < 1.29 is 14.1 Å². The molecule has 3 aromatic rings. The molecule has 0 bridgehead atoms. The van der Waals surface area contributed by atoms with Crippen molar-refractivity contribution in [3.8, 4) is 0 Å². The van der Waals surface area contributed by atoms with Crippen molar-refractivity contribution in [2.75, 3.05) is 31.1 Å². The number of nitrogens with zero attached hydrogens (tertiary/aromatic N) is 1. The summed E-state index contributed by atoms with van der Waals surface area (Å²) in [6.07, 6.45) is 1.71. The number of hydrogen-bond acceptors (Lipinski definition) is 2. The number of fused-ring (bicyclic) bond motifs is 1. The molecule has 1 fully saturated rings. The first-order valence-corrected chi connectivity index (χ1v) is 9.48. The molecule has 0 aliphatic carbocycles. The lowest BCUT2D eigenvalue weighted by Crippen LogP contribution is -3.16. The summed E-state index contributed by atoms with van der Waals surface area (Å²) < 4.78 is 13.6. The van der Waals surface area contributed by atoms with E-state index in [-0.39, 0.29) is 11.6 Å². The number of Topliss-reactive ketones (excluding diaryl/α,β-unsaturated/α-hetero) is 1. The molecule has 4 rings (SSSR count). The summed E-state index contributed by atoms with van der Waals surface area (Å²) in [5.41, 5.74) is 3.90. The van der Waals surface area contributed by atoms with Gasteiger partial charge in [-0.1, -0.05) is 12.1 Å². The Morgan fingerprint density at radius 2 is 2.15 bits per heavy atom. The molecule has 1 unspecified atom stereocenters. The molecule has 0 spiro atoms. The second-order valence-electron chi connectivity index (χ2n) is 7.58. The third kappa shape index (κ3) is 3.60. The van der Waals surface area contributed by atoms with Crippen molar-refractivity contribution in [3.63, 3.8) is 0 Å². The van der Waals surface area contributed by atoms with Gasteiger partial charge in [0.05, 0.1) is 25.7 Å². The van der Waals surface area contributed by atoms with Gasteiger partial charge in [0.1, 0.15) is 12.4 Å². The number of carbonyl (C=O) groups is 1. The third-order valence-electron chi connectivity index (χ3n) is 5.51. The Balaban J connectivity index is 1.45. The Bertz CT molecular complexity index is 981. The minimum absolute atomic E-state index is 0.0676. The number of nitrogens with one attached hydrogen (secondary N) is 2. The highest BCUT2D eigenvalue weighted by molar-refractivity contribution is 6.08. The molecule has 0 amide bonds. The van der Waals surface area contributed by atoms with Crippen molar-refractivity contribution in [2.24, 2.45) is 0 Å². The number of aromatic amines is 1. The number of H-pyrrole nitrogens is 1. The predicted octanol–water partition coefficient (Wildman–Crippen LogP) is 2.59. The summed E-state index contributed by atoms with van der Waals surface area (Å²) >= 11 is 0. The van der Waals surface area contributed by atoms with Crippen LogP contribution in [0.4, 0.5) is 10.1 Å². The number of rotatable bonds is 4. The van der Waals surface area contributed by atoms with Gasteiger partial charge in [0.25, 0.3) is 0 Å². The standard InChI is InChI=1S/C22H24FN3O/c1-15-4-3-5-18(10-15)26-9-8-25(13-16(26)2)14-22(27)20-12-24-21-7-6-17(23)11-19(20)21/h3-7,10-12,16,24H,8-9,13-14H2,1-2H3/p+1/t16-/m1/s1.